The van der Waals surface area contributed by atoms with Crippen LogP contribution in [-0.2, 0) is 20.8 Å². The normalized spacial score (nSPS) is 19.4. The Morgan fingerprint density at radius 3 is 2.25 bits per heavy atom. The summed E-state index contributed by atoms with van der Waals surface area (Å²) < 4.78 is 0. The lowest BCUT2D eigenvalue weighted by atomic mass is 9.97. The molecule has 0 bridgehead atoms. The number of carbonyl (C=O) groups excluding carboxylic acids is 3. The molecule has 11 nitrogen and oxygen atoms in total. The molecule has 4 amide bonds. The van der Waals surface area contributed by atoms with E-state index in [9.17, 15) is 29.5 Å². The number of nitrogens with zero attached hydrogens (tertiary/aromatic N) is 2. The summed E-state index contributed by atoms with van der Waals surface area (Å²) in [5.74, 6) is -2.75. The predicted molar refractivity (Wildman–Crippen MR) is 150 cm³/mol. The monoisotopic (exact) mass is 552 g/mol. The minimum atomic E-state index is -1.20. The summed E-state index contributed by atoms with van der Waals surface area (Å²) in [6.07, 6.45) is 2.89. The van der Waals surface area contributed by atoms with Crippen molar-refractivity contribution in [2.75, 3.05) is 0 Å². The summed E-state index contributed by atoms with van der Waals surface area (Å²) in [5, 5.41) is 28.1. The molecular formula is C29H40N6O5. The second-order valence-electron chi connectivity index (χ2n) is 10.9. The van der Waals surface area contributed by atoms with E-state index in [1.54, 1.807) is 37.8 Å². The fourth-order valence-corrected chi connectivity index (χ4v) is 5.36. The van der Waals surface area contributed by atoms with Crippen molar-refractivity contribution < 1.29 is 24.3 Å². The lowest BCUT2D eigenvalue weighted by Gasteiger charge is -2.40. The lowest BCUT2D eigenvalue weighted by Crippen LogP contribution is -2.60. The van der Waals surface area contributed by atoms with Crippen LogP contribution in [0.2, 0.25) is 0 Å². The number of piperidine rings is 1. The van der Waals surface area contributed by atoms with E-state index in [2.05, 4.69) is 27.0 Å². The fraction of sp³-hybridized carbons (Fsp3) is 0.552. The van der Waals surface area contributed by atoms with Crippen LogP contribution < -0.4 is 16.0 Å². The van der Waals surface area contributed by atoms with E-state index in [-0.39, 0.29) is 42.6 Å². The number of nitriles is 1. The SMILES string of the molecule is CC[C@@H](NC(=O)[C@@H](Cc1c(C#N)[nH]c2ccccc12)NC(=O)[C@@H](NC(=O)N1[C@H](C)CCC[C@@H]1C)C(C)C)C(=O)O. The molecular weight excluding hydrogens is 512 g/mol. The third-order valence-electron chi connectivity index (χ3n) is 7.65. The van der Waals surface area contributed by atoms with Gasteiger partial charge >= 0.3 is 12.0 Å². The maximum absolute atomic E-state index is 13.6. The maximum Gasteiger partial charge on any atom is 0.326 e. The number of carboxylic acids is 1. The van der Waals surface area contributed by atoms with E-state index in [0.29, 0.717) is 11.1 Å². The van der Waals surface area contributed by atoms with Crippen LogP contribution >= 0.6 is 0 Å². The van der Waals surface area contributed by atoms with Crippen LogP contribution in [0, 0.1) is 17.2 Å². The Bertz CT molecular complexity index is 1270. The number of nitrogens with one attached hydrogen (secondary N) is 4. The second-order valence-corrected chi connectivity index (χ2v) is 10.9. The molecule has 3 rings (SSSR count). The van der Waals surface area contributed by atoms with Crippen molar-refractivity contribution in [2.45, 2.75) is 96.9 Å². The number of fused-ring (bicyclic) bond motifs is 1. The van der Waals surface area contributed by atoms with Gasteiger partial charge in [-0.3, -0.25) is 9.59 Å². The number of amides is 4. The van der Waals surface area contributed by atoms with Crippen molar-refractivity contribution in [1.82, 2.24) is 25.8 Å². The Kier molecular flexibility index (Phi) is 10.2. The van der Waals surface area contributed by atoms with Crippen molar-refractivity contribution in [3.63, 3.8) is 0 Å². The van der Waals surface area contributed by atoms with E-state index >= 15 is 0 Å². The standard InChI is InChI=1S/C29H40N6O5/c1-6-21(28(38)39)32-26(36)23(14-20-19-12-7-8-13-22(19)31-24(20)15-30)33-27(37)25(16(2)3)34-29(40)35-17(4)10-9-11-18(35)5/h7-8,12-13,16-18,21,23,25,31H,6,9-11,14H2,1-5H3,(H,32,36)(H,33,37)(H,34,40)(H,38,39)/t17-,18+,21-,23-,25+/m1/s1. The molecule has 5 N–H and O–H groups in total. The Hall–Kier alpha value is -4.07. The van der Waals surface area contributed by atoms with E-state index in [1.807, 2.05) is 26.0 Å². The Morgan fingerprint density at radius 2 is 1.68 bits per heavy atom. The van der Waals surface area contributed by atoms with Crippen molar-refractivity contribution in [3.8, 4) is 6.07 Å². The number of carbonyl (C=O) groups is 4. The van der Waals surface area contributed by atoms with Gasteiger partial charge in [-0.2, -0.15) is 5.26 Å². The van der Waals surface area contributed by atoms with Gasteiger partial charge in [0.25, 0.3) is 0 Å². The molecule has 1 aromatic heterocycles. The van der Waals surface area contributed by atoms with Gasteiger partial charge in [0.2, 0.25) is 11.8 Å². The number of rotatable bonds is 10. The molecule has 5 atom stereocenters. The minimum absolute atomic E-state index is 0.0337. The van der Waals surface area contributed by atoms with Gasteiger partial charge in [0.05, 0.1) is 0 Å². The smallest absolute Gasteiger partial charge is 0.326 e. The van der Waals surface area contributed by atoms with Gasteiger partial charge in [0.15, 0.2) is 0 Å². The molecule has 0 unspecified atom stereocenters. The number of aliphatic carboxylic acids is 1. The van der Waals surface area contributed by atoms with Gasteiger partial charge in [-0.05, 0) is 57.1 Å². The Labute approximate surface area is 234 Å². The van der Waals surface area contributed by atoms with Crippen LogP contribution in [0.3, 0.4) is 0 Å². The summed E-state index contributed by atoms with van der Waals surface area (Å²) in [4.78, 5) is 56.7. The highest BCUT2D eigenvalue weighted by atomic mass is 16.4. The van der Waals surface area contributed by atoms with Crippen molar-refractivity contribution >= 4 is 34.7 Å². The highest BCUT2D eigenvalue weighted by molar-refractivity contribution is 5.94. The van der Waals surface area contributed by atoms with Crippen molar-refractivity contribution in [3.05, 3.63) is 35.5 Å². The molecule has 0 saturated carbocycles. The van der Waals surface area contributed by atoms with Gasteiger partial charge in [-0.25, -0.2) is 9.59 Å². The van der Waals surface area contributed by atoms with Crippen LogP contribution in [0.5, 0.6) is 0 Å². The second kappa shape index (κ2) is 13.3. The van der Waals surface area contributed by atoms with E-state index in [4.69, 9.17) is 0 Å². The lowest BCUT2D eigenvalue weighted by molar-refractivity contribution is -0.142. The molecule has 0 radical (unpaired) electrons. The molecule has 1 aromatic carbocycles. The molecule has 0 aliphatic carbocycles. The number of urea groups is 1. The summed E-state index contributed by atoms with van der Waals surface area (Å²) >= 11 is 0. The van der Waals surface area contributed by atoms with Crippen molar-refractivity contribution in [2.24, 2.45) is 5.92 Å². The molecule has 40 heavy (non-hydrogen) atoms. The molecule has 1 aliphatic heterocycles. The minimum Gasteiger partial charge on any atom is -0.480 e. The fourth-order valence-electron chi connectivity index (χ4n) is 5.36. The van der Waals surface area contributed by atoms with Gasteiger partial charge in [-0.1, -0.05) is 39.0 Å². The first-order chi connectivity index (χ1) is 19.0. The van der Waals surface area contributed by atoms with Crippen LogP contribution in [-0.4, -0.2) is 69.0 Å². The maximum atomic E-state index is 13.6. The number of likely N-dealkylation sites (tertiary alicyclic amines) is 1. The zero-order chi connectivity index (χ0) is 29.6. The Balaban J connectivity index is 1.89. The first-order valence-electron chi connectivity index (χ1n) is 13.9. The van der Waals surface area contributed by atoms with Crippen molar-refractivity contribution in [1.29, 1.82) is 5.26 Å². The van der Waals surface area contributed by atoms with Crippen LogP contribution in [0.4, 0.5) is 4.79 Å². The van der Waals surface area contributed by atoms with Gasteiger partial charge in [-0.15, -0.1) is 0 Å². The molecule has 11 heteroatoms. The van der Waals surface area contributed by atoms with E-state index in [1.165, 1.54) is 0 Å². The topological polar surface area (TPSA) is 167 Å². The number of para-hydroxylation sites is 1. The largest absolute Gasteiger partial charge is 0.480 e. The zero-order valence-electron chi connectivity index (χ0n) is 23.8. The van der Waals surface area contributed by atoms with Crippen LogP contribution in [0.25, 0.3) is 10.9 Å². The number of H-pyrrole nitrogens is 1. The third kappa shape index (κ3) is 6.92. The first-order valence-corrected chi connectivity index (χ1v) is 13.9. The molecule has 2 aromatic rings. The van der Waals surface area contributed by atoms with Gasteiger partial charge < -0.3 is 30.9 Å². The van der Waals surface area contributed by atoms with E-state index < -0.39 is 35.9 Å². The first kappa shape index (κ1) is 30.5. The highest BCUT2D eigenvalue weighted by Crippen LogP contribution is 2.24. The quantitative estimate of drug-likeness (QED) is 0.304. The van der Waals surface area contributed by atoms with Crippen LogP contribution in [0.15, 0.2) is 24.3 Å². The molecule has 0 spiro atoms. The summed E-state index contributed by atoms with van der Waals surface area (Å²) in [5.41, 5.74) is 1.48. The summed E-state index contributed by atoms with van der Waals surface area (Å²) in [6.45, 7) is 9.20. The number of benzene rings is 1. The highest BCUT2D eigenvalue weighted by Gasteiger charge is 2.35. The molecule has 2 heterocycles. The van der Waals surface area contributed by atoms with Gasteiger partial charge in [0, 0.05) is 29.4 Å². The molecule has 1 fully saturated rings. The molecule has 216 valence electrons. The number of hydrogen-bond acceptors (Lipinski definition) is 5. The van der Waals surface area contributed by atoms with Gasteiger partial charge in [0.1, 0.15) is 29.9 Å². The molecule has 1 aliphatic rings. The predicted octanol–water partition coefficient (Wildman–Crippen LogP) is 3.04. The van der Waals surface area contributed by atoms with E-state index in [0.717, 1.165) is 24.6 Å². The third-order valence-corrected chi connectivity index (χ3v) is 7.65. The number of hydrogen-bond donors (Lipinski definition) is 5. The zero-order valence-corrected chi connectivity index (χ0v) is 23.8. The Morgan fingerprint density at radius 1 is 1.05 bits per heavy atom. The molecule has 1 saturated heterocycles. The number of carboxylic acid groups (broad SMARTS) is 1. The average molecular weight is 553 g/mol. The van der Waals surface area contributed by atoms with Crippen LogP contribution in [0.1, 0.15) is 71.6 Å². The summed E-state index contributed by atoms with van der Waals surface area (Å²) in [7, 11) is 0. The number of aromatic amines is 1. The summed E-state index contributed by atoms with van der Waals surface area (Å²) in [6, 6.07) is 5.79. The number of aromatic nitrogens is 1. The average Bonchev–Trinajstić information content (AvgIpc) is 3.26.